The molecule has 0 aliphatic carbocycles. The summed E-state index contributed by atoms with van der Waals surface area (Å²) in [5, 5.41) is 12.0. The monoisotopic (exact) mass is 396 g/mol. The van der Waals surface area contributed by atoms with Gasteiger partial charge in [0.25, 0.3) is 5.91 Å². The van der Waals surface area contributed by atoms with Gasteiger partial charge in [0.1, 0.15) is 11.6 Å². The Labute approximate surface area is 168 Å². The largest absolute Gasteiger partial charge is 0.484 e. The van der Waals surface area contributed by atoms with Gasteiger partial charge in [0.15, 0.2) is 12.4 Å². The molecular weight excluding hydrogens is 376 g/mol. The van der Waals surface area contributed by atoms with Crippen molar-refractivity contribution in [3.63, 3.8) is 0 Å². The first-order valence-corrected chi connectivity index (χ1v) is 9.69. The lowest BCUT2D eigenvalue weighted by Gasteiger charge is -2.15. The Morgan fingerprint density at radius 2 is 2.11 bits per heavy atom. The Bertz CT molecular complexity index is 1020. The van der Waals surface area contributed by atoms with E-state index in [2.05, 4.69) is 20.1 Å². The van der Waals surface area contributed by atoms with E-state index in [1.54, 1.807) is 6.07 Å². The molecule has 0 atom stereocenters. The molecule has 1 aromatic heterocycles. The molecule has 1 aliphatic rings. The molecule has 0 unspecified atom stereocenters. The number of anilines is 1. The Kier molecular flexibility index (Phi) is 5.30. The van der Waals surface area contributed by atoms with Crippen molar-refractivity contribution in [2.24, 2.45) is 0 Å². The molecule has 144 valence electrons. The summed E-state index contributed by atoms with van der Waals surface area (Å²) < 4.78 is 7.84. The molecule has 4 rings (SSSR count). The van der Waals surface area contributed by atoms with Gasteiger partial charge in [-0.3, -0.25) is 4.79 Å². The van der Waals surface area contributed by atoms with Crippen molar-refractivity contribution in [1.82, 2.24) is 14.8 Å². The van der Waals surface area contributed by atoms with E-state index in [0.29, 0.717) is 16.5 Å². The molecule has 7 heteroatoms. The number of aromatic nitrogens is 3. The average Bonchev–Trinajstić information content (AvgIpc) is 3.14. The number of hydrogen-bond acceptors (Lipinski definition) is 4. The number of aryl methyl sites for hydroxylation is 2. The Morgan fingerprint density at radius 3 is 2.96 bits per heavy atom. The summed E-state index contributed by atoms with van der Waals surface area (Å²) in [6.45, 7) is 2.76. The van der Waals surface area contributed by atoms with Crippen molar-refractivity contribution < 1.29 is 9.53 Å². The number of halogens is 1. The molecule has 1 N–H and O–H groups in total. The van der Waals surface area contributed by atoms with Crippen LogP contribution < -0.4 is 10.1 Å². The number of rotatable bonds is 5. The van der Waals surface area contributed by atoms with E-state index in [0.717, 1.165) is 48.6 Å². The van der Waals surface area contributed by atoms with Crippen molar-refractivity contribution in [2.75, 3.05) is 11.9 Å². The minimum Gasteiger partial charge on any atom is -0.484 e. The van der Waals surface area contributed by atoms with Gasteiger partial charge in [-0.2, -0.15) is 0 Å². The van der Waals surface area contributed by atoms with Crippen LogP contribution in [0.1, 0.15) is 24.2 Å². The first-order chi connectivity index (χ1) is 13.6. The van der Waals surface area contributed by atoms with Crippen molar-refractivity contribution >= 4 is 23.2 Å². The maximum atomic E-state index is 12.2. The maximum Gasteiger partial charge on any atom is 0.262 e. The van der Waals surface area contributed by atoms with E-state index in [1.165, 1.54) is 0 Å². The highest BCUT2D eigenvalue weighted by atomic mass is 35.5. The van der Waals surface area contributed by atoms with Crippen molar-refractivity contribution in [1.29, 1.82) is 0 Å². The van der Waals surface area contributed by atoms with Crippen molar-refractivity contribution in [2.45, 2.75) is 32.7 Å². The summed E-state index contributed by atoms with van der Waals surface area (Å²) in [5.41, 5.74) is 2.54. The highest BCUT2D eigenvalue weighted by molar-refractivity contribution is 6.31. The minimum atomic E-state index is -0.245. The zero-order valence-corrected chi connectivity index (χ0v) is 16.4. The van der Waals surface area contributed by atoms with Crippen LogP contribution in [0.15, 0.2) is 42.5 Å². The number of carbonyl (C=O) groups excluding carboxylic acids is 1. The van der Waals surface area contributed by atoms with Crippen LogP contribution in [0.4, 0.5) is 5.69 Å². The first kappa shape index (κ1) is 18.5. The van der Waals surface area contributed by atoms with Gasteiger partial charge in [-0.25, -0.2) is 0 Å². The molecule has 2 aromatic carbocycles. The second kappa shape index (κ2) is 8.02. The van der Waals surface area contributed by atoms with Crippen LogP contribution in [0.2, 0.25) is 5.02 Å². The van der Waals surface area contributed by atoms with E-state index < -0.39 is 0 Å². The number of benzene rings is 2. The molecule has 0 radical (unpaired) electrons. The number of nitrogens with zero attached hydrogens (tertiary/aromatic N) is 3. The van der Waals surface area contributed by atoms with Crippen molar-refractivity contribution in [3.8, 4) is 17.1 Å². The number of amides is 1. The van der Waals surface area contributed by atoms with E-state index in [9.17, 15) is 4.79 Å². The lowest BCUT2D eigenvalue weighted by molar-refractivity contribution is -0.118. The van der Waals surface area contributed by atoms with Crippen molar-refractivity contribution in [3.05, 3.63) is 58.9 Å². The minimum absolute atomic E-state index is 0.0904. The van der Waals surface area contributed by atoms with Crippen LogP contribution in [-0.2, 0) is 17.8 Å². The maximum absolute atomic E-state index is 12.2. The second-order valence-electron chi connectivity index (χ2n) is 6.88. The van der Waals surface area contributed by atoms with E-state index in [1.807, 2.05) is 43.3 Å². The Hall–Kier alpha value is -2.86. The lowest BCUT2D eigenvalue weighted by atomic mass is 10.1. The van der Waals surface area contributed by atoms with Gasteiger partial charge in [0.05, 0.1) is 0 Å². The number of nitrogens with one attached hydrogen (secondary N) is 1. The normalized spacial score (nSPS) is 13.1. The predicted molar refractivity (Wildman–Crippen MR) is 109 cm³/mol. The number of hydrogen-bond donors (Lipinski definition) is 1. The summed E-state index contributed by atoms with van der Waals surface area (Å²) in [6, 6.07) is 13.0. The fourth-order valence-corrected chi connectivity index (χ4v) is 3.44. The van der Waals surface area contributed by atoms with Gasteiger partial charge in [-0.15, -0.1) is 10.2 Å². The highest BCUT2D eigenvalue weighted by Crippen LogP contribution is 2.26. The highest BCUT2D eigenvalue weighted by Gasteiger charge is 2.17. The zero-order valence-electron chi connectivity index (χ0n) is 15.6. The molecule has 2 heterocycles. The molecule has 28 heavy (non-hydrogen) atoms. The van der Waals surface area contributed by atoms with Crippen LogP contribution in [0.25, 0.3) is 11.4 Å². The molecular formula is C21H21ClN4O2. The topological polar surface area (TPSA) is 69.0 Å². The summed E-state index contributed by atoms with van der Waals surface area (Å²) in [6.07, 6.45) is 3.26. The summed E-state index contributed by atoms with van der Waals surface area (Å²) >= 11 is 6.09. The third-order valence-corrected chi connectivity index (χ3v) is 5.18. The van der Waals surface area contributed by atoms with Crippen LogP contribution in [0, 0.1) is 6.92 Å². The molecule has 1 aliphatic heterocycles. The molecule has 6 nitrogen and oxygen atoms in total. The molecule has 0 fully saturated rings. The fourth-order valence-electron chi connectivity index (χ4n) is 3.26. The Morgan fingerprint density at radius 1 is 1.21 bits per heavy atom. The van der Waals surface area contributed by atoms with Gasteiger partial charge in [0, 0.05) is 29.2 Å². The van der Waals surface area contributed by atoms with Crippen LogP contribution >= 0.6 is 11.6 Å². The third kappa shape index (κ3) is 4.02. The summed E-state index contributed by atoms with van der Waals surface area (Å²) in [7, 11) is 0. The van der Waals surface area contributed by atoms with Gasteiger partial charge in [-0.1, -0.05) is 29.8 Å². The molecule has 0 saturated carbocycles. The van der Waals surface area contributed by atoms with E-state index in [4.69, 9.17) is 16.3 Å². The zero-order chi connectivity index (χ0) is 19.5. The average molecular weight is 397 g/mol. The predicted octanol–water partition coefficient (Wildman–Crippen LogP) is 4.26. The standard InChI is InChI=1S/C21H21ClN4O2/c1-14-8-9-16(12-18(14)22)23-20(27)13-28-17-6-4-5-15(11-17)21-25-24-19-7-2-3-10-26(19)21/h4-6,8-9,11-12H,2-3,7,10,13H2,1H3,(H,23,27). The fraction of sp³-hybridized carbons (Fsp3) is 0.286. The van der Waals surface area contributed by atoms with E-state index in [-0.39, 0.29) is 12.5 Å². The van der Waals surface area contributed by atoms with Crippen LogP contribution in [-0.4, -0.2) is 27.3 Å². The first-order valence-electron chi connectivity index (χ1n) is 9.31. The van der Waals surface area contributed by atoms with Crippen LogP contribution in [0.3, 0.4) is 0 Å². The Balaban J connectivity index is 1.41. The number of fused-ring (bicyclic) bond motifs is 1. The summed E-state index contributed by atoms with van der Waals surface area (Å²) in [4.78, 5) is 12.2. The van der Waals surface area contributed by atoms with Gasteiger partial charge in [0.2, 0.25) is 0 Å². The molecule has 0 spiro atoms. The molecule has 3 aromatic rings. The molecule has 0 saturated heterocycles. The van der Waals surface area contributed by atoms with Gasteiger partial charge in [-0.05, 0) is 49.6 Å². The van der Waals surface area contributed by atoms with Gasteiger partial charge < -0.3 is 14.6 Å². The van der Waals surface area contributed by atoms with E-state index >= 15 is 0 Å². The second-order valence-corrected chi connectivity index (χ2v) is 7.28. The quantitative estimate of drug-likeness (QED) is 0.699. The smallest absolute Gasteiger partial charge is 0.262 e. The third-order valence-electron chi connectivity index (χ3n) is 4.78. The van der Waals surface area contributed by atoms with Crippen LogP contribution in [0.5, 0.6) is 5.75 Å². The number of carbonyl (C=O) groups is 1. The summed E-state index contributed by atoms with van der Waals surface area (Å²) in [5.74, 6) is 2.25. The number of ether oxygens (including phenoxy) is 1. The lowest BCUT2D eigenvalue weighted by Crippen LogP contribution is -2.20. The molecule has 0 bridgehead atoms. The molecule has 1 amide bonds. The SMILES string of the molecule is Cc1ccc(NC(=O)COc2cccc(-c3nnc4n3CCCC4)c2)cc1Cl. The van der Waals surface area contributed by atoms with Gasteiger partial charge >= 0.3 is 0 Å².